The molecule has 2 radical (unpaired) electrons. The molecular formula is C90H106Au2N6-2. The molecule has 8 heteroatoms. The van der Waals surface area contributed by atoms with Gasteiger partial charge in [0.05, 0.1) is 47.2 Å². The zero-order valence-electron chi connectivity index (χ0n) is 62.5. The van der Waals surface area contributed by atoms with Crippen molar-refractivity contribution in [3.8, 4) is 0 Å². The Bertz CT molecular complexity index is 4320. The van der Waals surface area contributed by atoms with Crippen LogP contribution in [0.5, 0.6) is 0 Å². The Labute approximate surface area is 619 Å². The maximum absolute atomic E-state index is 4.76. The van der Waals surface area contributed by atoms with Crippen molar-refractivity contribution in [1.82, 2.24) is 9.97 Å². The molecule has 2 aliphatic heterocycles. The number of benzene rings is 9. The molecule has 2 aromatic heterocycles. The zero-order chi connectivity index (χ0) is 69.0. The first-order valence-electron chi connectivity index (χ1n) is 35.8. The van der Waals surface area contributed by atoms with E-state index in [1.54, 1.807) is 0 Å². The minimum atomic E-state index is 0. The Morgan fingerprint density at radius 1 is 0.316 bits per heavy atom. The molecule has 0 unspecified atom stereocenters. The van der Waals surface area contributed by atoms with Crippen LogP contribution in [0, 0.1) is 0 Å². The first-order chi connectivity index (χ1) is 45.5. The molecule has 11 aromatic rings. The molecule has 0 saturated heterocycles. The zero-order valence-corrected chi connectivity index (χ0v) is 66.8. The molecule has 0 bridgehead atoms. The molecule has 520 valence electrons. The summed E-state index contributed by atoms with van der Waals surface area (Å²) in [5.41, 5.74) is 28.4. The predicted molar refractivity (Wildman–Crippen MR) is 413 cm³/mol. The van der Waals surface area contributed by atoms with Gasteiger partial charge in [0, 0.05) is 44.8 Å². The predicted octanol–water partition coefficient (Wildman–Crippen LogP) is 25.0. The van der Waals surface area contributed by atoms with Crippen LogP contribution >= 0.6 is 0 Å². The average molecular weight is 1670 g/mol. The van der Waals surface area contributed by atoms with E-state index in [2.05, 4.69) is 347 Å². The first-order valence-corrected chi connectivity index (χ1v) is 35.8. The van der Waals surface area contributed by atoms with Crippen molar-refractivity contribution in [2.24, 2.45) is 0 Å². The number of anilines is 4. The molecule has 2 aliphatic rings. The van der Waals surface area contributed by atoms with Crippen molar-refractivity contribution in [1.29, 1.82) is 0 Å². The molecule has 0 aliphatic carbocycles. The third-order valence-corrected chi connectivity index (χ3v) is 19.8. The average Bonchev–Trinajstić information content (AvgIpc) is 0.961. The summed E-state index contributed by atoms with van der Waals surface area (Å²) in [6.07, 6.45) is 8.27. The monoisotopic (exact) mass is 1660 g/mol. The summed E-state index contributed by atoms with van der Waals surface area (Å²) in [6.45, 7) is 52.3. The van der Waals surface area contributed by atoms with Crippen LogP contribution in [-0.2, 0) is 68.7 Å². The molecule has 0 fully saturated rings. The fraction of sp³-hybridized carbons (Fsp3) is 0.378. The standard InChI is InChI=1S/C58H74N4.C20H24N.C12H8N.2Au/c1-35(2)45-21-17-22-46(36(3)4)55(45)59-31-43-29-54-44(30-53(43)61(33-59)57-49(39(9)10)25-19-26-50(57)40(11)12)32-60(56-47(37(5)6)23-18-24-48(56)38(7)8)34-62(54)58-51(41(13)14)27-20-28-52(58)42(15)16;1-19(2,3)13-7-9-17-15(11-13)16-12-14(20(4,5)6)8-10-18(16)21-17;1-3-7-11-9(5-1)10-6-2-4-8-12(10)13-11;;/h17-30,35-42H,31-32H2,1-16H3;7-12H,1-6H3;1-8H;;/q;2*-1;;. The summed E-state index contributed by atoms with van der Waals surface area (Å²) in [5, 5.41) is 5.06. The molecular weight excluding hydrogens is 1560 g/mol. The van der Waals surface area contributed by atoms with Crippen LogP contribution in [0.4, 0.5) is 34.1 Å². The van der Waals surface area contributed by atoms with Crippen molar-refractivity contribution in [3.63, 3.8) is 0 Å². The molecule has 0 amide bonds. The third kappa shape index (κ3) is 15.2. The van der Waals surface area contributed by atoms with E-state index in [0.29, 0.717) is 47.3 Å². The number of nitrogens with zero attached hydrogens (tertiary/aromatic N) is 6. The van der Waals surface area contributed by atoms with Crippen LogP contribution in [0.3, 0.4) is 0 Å². The minimum Gasteiger partial charge on any atom is -0.657 e. The largest absolute Gasteiger partial charge is 0.657 e. The van der Waals surface area contributed by atoms with Gasteiger partial charge < -0.3 is 28.9 Å². The van der Waals surface area contributed by atoms with Crippen LogP contribution in [0.15, 0.2) is 170 Å². The fourth-order valence-corrected chi connectivity index (χ4v) is 14.4. The van der Waals surface area contributed by atoms with E-state index in [1.165, 1.54) is 122 Å². The van der Waals surface area contributed by atoms with E-state index in [-0.39, 0.29) is 55.6 Å². The molecule has 0 spiro atoms. The number of fused-ring (bicyclic) bond motifs is 8. The second-order valence-electron chi connectivity index (χ2n) is 31.8. The van der Waals surface area contributed by atoms with Gasteiger partial charge in [-0.05, 0) is 146 Å². The summed E-state index contributed by atoms with van der Waals surface area (Å²) in [6, 6.07) is 62.6. The number of rotatable bonds is 12. The van der Waals surface area contributed by atoms with Crippen LogP contribution in [0.25, 0.3) is 43.6 Å². The minimum absolute atomic E-state index is 0. The van der Waals surface area contributed by atoms with E-state index < -0.39 is 0 Å². The van der Waals surface area contributed by atoms with Gasteiger partial charge in [-0.3, -0.25) is 0 Å². The van der Waals surface area contributed by atoms with E-state index in [9.17, 15) is 0 Å². The van der Waals surface area contributed by atoms with Crippen LogP contribution < -0.4 is 19.8 Å². The van der Waals surface area contributed by atoms with Crippen molar-refractivity contribution in [3.05, 3.63) is 237 Å². The SMILES string of the molecule is CC(C)(C)c1ccc2[n-]c3ccc(C(C)(C)C)cc3c2c1.CC(C)c1cccc(C(C)C)c1N1[C-]=[N+](c2c(C(C)C)cccc2C(C)C)Cc2cc3c(cc21)C[N+](c1c(C(C)C)cccc1C(C)C)=[C-]N3c1c(C(C)C)cccc1C(C)C.[Au].[Au].c1ccc2c(c1)[n-]c1ccccc12. The normalized spacial score (nSPS) is 13.4. The van der Waals surface area contributed by atoms with Gasteiger partial charge in [-0.1, -0.05) is 322 Å². The van der Waals surface area contributed by atoms with Crippen LogP contribution in [0.1, 0.15) is 266 Å². The third-order valence-electron chi connectivity index (χ3n) is 19.8. The van der Waals surface area contributed by atoms with E-state index >= 15 is 0 Å². The van der Waals surface area contributed by atoms with E-state index in [4.69, 9.17) is 4.98 Å². The molecule has 98 heavy (non-hydrogen) atoms. The number of aromatic nitrogens is 2. The van der Waals surface area contributed by atoms with Gasteiger partial charge in [-0.15, -0.1) is 22.1 Å². The number of hydrogen-bond donors (Lipinski definition) is 0. The fourth-order valence-electron chi connectivity index (χ4n) is 14.4. The molecule has 0 N–H and O–H groups in total. The van der Waals surface area contributed by atoms with E-state index in [1.807, 2.05) is 12.1 Å². The Morgan fingerprint density at radius 2 is 0.582 bits per heavy atom. The molecule has 0 saturated carbocycles. The molecule has 9 aromatic carbocycles. The summed E-state index contributed by atoms with van der Waals surface area (Å²) in [4.78, 5) is 14.2. The van der Waals surface area contributed by atoms with Crippen LogP contribution in [0.2, 0.25) is 0 Å². The van der Waals surface area contributed by atoms with Gasteiger partial charge in [0.1, 0.15) is 0 Å². The molecule has 6 nitrogen and oxygen atoms in total. The van der Waals surface area contributed by atoms with Crippen molar-refractivity contribution in [2.45, 2.75) is 224 Å². The summed E-state index contributed by atoms with van der Waals surface area (Å²) in [5.74, 6) is 2.74. The summed E-state index contributed by atoms with van der Waals surface area (Å²) < 4.78 is 4.92. The maximum Gasteiger partial charge on any atom is 0.245 e. The van der Waals surface area contributed by atoms with Gasteiger partial charge in [0.25, 0.3) is 0 Å². The molecule has 0 atom stereocenters. The Hall–Kier alpha value is -7.00. The van der Waals surface area contributed by atoms with Gasteiger partial charge in [0.2, 0.25) is 12.7 Å². The first kappa shape index (κ1) is 75.2. The van der Waals surface area contributed by atoms with Crippen LogP contribution in [-0.4, -0.2) is 21.8 Å². The second-order valence-corrected chi connectivity index (χ2v) is 31.8. The summed E-state index contributed by atoms with van der Waals surface area (Å²) >= 11 is 0. The van der Waals surface area contributed by atoms with Crippen molar-refractivity contribution in [2.75, 3.05) is 9.80 Å². The van der Waals surface area contributed by atoms with Gasteiger partial charge in [-0.25, -0.2) is 0 Å². The van der Waals surface area contributed by atoms with Gasteiger partial charge in [-0.2, -0.15) is 0 Å². The smallest absolute Gasteiger partial charge is 0.245 e. The Kier molecular flexibility index (Phi) is 23.4. The van der Waals surface area contributed by atoms with Crippen molar-refractivity contribution >= 4 is 90.4 Å². The van der Waals surface area contributed by atoms with E-state index in [0.717, 1.165) is 35.2 Å². The van der Waals surface area contributed by atoms with Gasteiger partial charge in [0.15, 0.2) is 0 Å². The van der Waals surface area contributed by atoms with Gasteiger partial charge >= 0.3 is 0 Å². The number of para-hydroxylation sites is 6. The Balaban J connectivity index is 0.000000251. The molecule has 13 rings (SSSR count). The van der Waals surface area contributed by atoms with Crippen molar-refractivity contribution < 1.29 is 53.9 Å². The Morgan fingerprint density at radius 3 is 0.857 bits per heavy atom. The molecule has 4 heterocycles. The maximum atomic E-state index is 4.76. The quantitative estimate of drug-likeness (QED) is 0.0694. The summed E-state index contributed by atoms with van der Waals surface area (Å²) in [7, 11) is 0. The topological polar surface area (TPSA) is 40.7 Å². The number of hydrogen-bond acceptors (Lipinski definition) is 2. The second kappa shape index (κ2) is 30.5.